The molecule has 3 rings (SSSR count). The van der Waals surface area contributed by atoms with E-state index in [0.29, 0.717) is 5.69 Å². The lowest BCUT2D eigenvalue weighted by Gasteiger charge is -2.35. The average Bonchev–Trinajstić information content (AvgIpc) is 2.73. The number of nitrogens with one attached hydrogen (secondary N) is 2. The summed E-state index contributed by atoms with van der Waals surface area (Å²) in [6.07, 6.45) is 0.605. The van der Waals surface area contributed by atoms with Gasteiger partial charge in [-0.2, -0.15) is 0 Å². The first-order valence-electron chi connectivity index (χ1n) is 10.3. The quantitative estimate of drug-likeness (QED) is 0.421. The number of fused-ring (bicyclic) bond motifs is 1. The second kappa shape index (κ2) is 9.27. The Kier molecular flexibility index (Phi) is 6.66. The predicted molar refractivity (Wildman–Crippen MR) is 125 cm³/mol. The van der Waals surface area contributed by atoms with Crippen LogP contribution < -0.4 is 16.4 Å². The van der Waals surface area contributed by atoms with E-state index in [1.54, 1.807) is 52.1 Å². The lowest BCUT2D eigenvalue weighted by Crippen LogP contribution is -2.49. The minimum absolute atomic E-state index is 0.0766. The van der Waals surface area contributed by atoms with Crippen molar-refractivity contribution in [2.45, 2.75) is 39.3 Å². The zero-order chi connectivity index (χ0) is 24.3. The van der Waals surface area contributed by atoms with Crippen LogP contribution in [0.15, 0.2) is 42.6 Å². The number of nitrogens with zero attached hydrogens (tertiary/aromatic N) is 3. The van der Waals surface area contributed by atoms with Gasteiger partial charge in [0.1, 0.15) is 5.82 Å². The highest BCUT2D eigenvalue weighted by atomic mass is 19.1. The van der Waals surface area contributed by atoms with Crippen molar-refractivity contribution in [1.82, 2.24) is 14.9 Å². The van der Waals surface area contributed by atoms with E-state index in [1.807, 2.05) is 12.1 Å². The summed E-state index contributed by atoms with van der Waals surface area (Å²) < 4.78 is 14.7. The molecule has 2 amide bonds. The van der Waals surface area contributed by atoms with Crippen LogP contribution in [0.3, 0.4) is 0 Å². The van der Waals surface area contributed by atoms with Crippen molar-refractivity contribution in [3.05, 3.63) is 54.0 Å². The van der Waals surface area contributed by atoms with Gasteiger partial charge < -0.3 is 26.4 Å². The Balaban J connectivity index is 1.89. The molecule has 2 aromatic heterocycles. The first-order valence-corrected chi connectivity index (χ1v) is 10.3. The number of pyridine rings is 2. The maximum absolute atomic E-state index is 14.7. The average molecular weight is 455 g/mol. The number of hydrogen-bond acceptors (Lipinski definition) is 6. The van der Waals surface area contributed by atoms with Gasteiger partial charge in [-0.05, 0) is 58.0 Å². The monoisotopic (exact) mass is 454 g/mol. The number of carboxylic acid groups (broad SMARTS) is 1. The molecule has 0 aliphatic heterocycles. The Morgan fingerprint density at radius 2 is 1.94 bits per heavy atom. The summed E-state index contributed by atoms with van der Waals surface area (Å²) in [5, 5.41) is 16.3. The van der Waals surface area contributed by atoms with Gasteiger partial charge in [-0.15, -0.1) is 0 Å². The van der Waals surface area contributed by atoms with E-state index >= 15 is 0 Å². The fraction of sp³-hybridized carbons (Fsp3) is 0.304. The number of rotatable bonds is 7. The Labute approximate surface area is 190 Å². The zero-order valence-corrected chi connectivity index (χ0v) is 18.9. The lowest BCUT2D eigenvalue weighted by molar-refractivity contribution is 0.0978. The van der Waals surface area contributed by atoms with E-state index in [2.05, 4.69) is 20.6 Å². The molecule has 33 heavy (non-hydrogen) atoms. The van der Waals surface area contributed by atoms with Gasteiger partial charge in [0.15, 0.2) is 11.6 Å². The van der Waals surface area contributed by atoms with E-state index in [1.165, 1.54) is 4.90 Å². The lowest BCUT2D eigenvalue weighted by atomic mass is 10.1. The molecule has 3 aromatic rings. The summed E-state index contributed by atoms with van der Waals surface area (Å²) in [6, 6.07) is 9.61. The van der Waals surface area contributed by atoms with E-state index in [9.17, 15) is 19.1 Å². The molecule has 0 saturated heterocycles. The number of benzene rings is 1. The van der Waals surface area contributed by atoms with Gasteiger partial charge in [-0.3, -0.25) is 9.78 Å². The smallest absolute Gasteiger partial charge is 0.407 e. The molecule has 0 bridgehead atoms. The van der Waals surface area contributed by atoms with E-state index in [4.69, 9.17) is 5.73 Å². The Bertz CT molecular complexity index is 1190. The maximum atomic E-state index is 14.7. The molecular weight excluding hydrogens is 427 g/mol. The minimum Gasteiger partial charge on any atom is -0.465 e. The standard InChI is InChI=1S/C23H27FN6O3/c1-13(12-30(22(32)33)23(2,3)4)27-21-17(24)11-16(19(25)31)20(29-21)28-15-7-8-18-14(10-15)6-5-9-26-18/h5-11,13H,12H2,1-4H3,(H2,25,31)(H,32,33)(H2,27,28,29)/t13-/m1/s1. The largest absolute Gasteiger partial charge is 0.465 e. The van der Waals surface area contributed by atoms with Crippen LogP contribution in [0.5, 0.6) is 0 Å². The molecule has 10 heteroatoms. The van der Waals surface area contributed by atoms with Gasteiger partial charge >= 0.3 is 6.09 Å². The van der Waals surface area contributed by atoms with Gasteiger partial charge in [0, 0.05) is 35.4 Å². The third-order valence-electron chi connectivity index (χ3n) is 4.99. The SMILES string of the molecule is C[C@H](CN(C(=O)O)C(C)(C)C)Nc1nc(Nc2ccc3ncccc3c2)c(C(N)=O)cc1F. The molecule has 1 aromatic carbocycles. The molecule has 0 saturated carbocycles. The Morgan fingerprint density at radius 3 is 2.58 bits per heavy atom. The molecule has 0 radical (unpaired) electrons. The Morgan fingerprint density at radius 1 is 1.21 bits per heavy atom. The third-order valence-corrected chi connectivity index (χ3v) is 4.99. The number of hydrogen-bond donors (Lipinski definition) is 4. The van der Waals surface area contributed by atoms with Crippen LogP contribution in [0.1, 0.15) is 38.1 Å². The van der Waals surface area contributed by atoms with Crippen LogP contribution >= 0.6 is 0 Å². The fourth-order valence-corrected chi connectivity index (χ4v) is 3.36. The van der Waals surface area contributed by atoms with Crippen molar-refractivity contribution in [2.75, 3.05) is 17.2 Å². The number of primary amides is 1. The van der Waals surface area contributed by atoms with Gasteiger partial charge in [0.25, 0.3) is 5.91 Å². The van der Waals surface area contributed by atoms with Crippen molar-refractivity contribution in [3.63, 3.8) is 0 Å². The van der Waals surface area contributed by atoms with Crippen LogP contribution in [0.2, 0.25) is 0 Å². The molecule has 0 aliphatic carbocycles. The summed E-state index contributed by atoms with van der Waals surface area (Å²) in [5.41, 5.74) is 6.09. The highest BCUT2D eigenvalue weighted by Gasteiger charge is 2.28. The first-order chi connectivity index (χ1) is 15.5. The van der Waals surface area contributed by atoms with Crippen LogP contribution in [0.4, 0.5) is 26.5 Å². The summed E-state index contributed by atoms with van der Waals surface area (Å²) in [5.74, 6) is -1.67. The minimum atomic E-state index is -1.08. The fourth-order valence-electron chi connectivity index (χ4n) is 3.36. The maximum Gasteiger partial charge on any atom is 0.407 e. The highest BCUT2D eigenvalue weighted by Crippen LogP contribution is 2.26. The van der Waals surface area contributed by atoms with Gasteiger partial charge in [-0.1, -0.05) is 6.07 Å². The number of nitrogens with two attached hydrogens (primary N) is 1. The number of halogens is 1. The van der Waals surface area contributed by atoms with Crippen molar-refractivity contribution in [1.29, 1.82) is 0 Å². The predicted octanol–water partition coefficient (Wildman–Crippen LogP) is 4.19. The molecule has 5 N–H and O–H groups in total. The van der Waals surface area contributed by atoms with Crippen molar-refractivity contribution < 1.29 is 19.1 Å². The number of carbonyl (C=O) groups is 2. The van der Waals surface area contributed by atoms with Crippen molar-refractivity contribution >= 4 is 40.2 Å². The van der Waals surface area contributed by atoms with Gasteiger partial charge in [-0.25, -0.2) is 14.2 Å². The highest BCUT2D eigenvalue weighted by molar-refractivity contribution is 5.99. The van der Waals surface area contributed by atoms with Crippen LogP contribution in [-0.4, -0.2) is 50.1 Å². The number of carbonyl (C=O) groups excluding carboxylic acids is 1. The molecule has 174 valence electrons. The molecule has 0 spiro atoms. The molecule has 0 aliphatic rings. The van der Waals surface area contributed by atoms with E-state index < -0.39 is 29.4 Å². The van der Waals surface area contributed by atoms with Gasteiger partial charge in [0.05, 0.1) is 11.1 Å². The number of anilines is 3. The summed E-state index contributed by atoms with van der Waals surface area (Å²) in [4.78, 5) is 33.3. The van der Waals surface area contributed by atoms with Crippen molar-refractivity contribution in [3.8, 4) is 0 Å². The summed E-state index contributed by atoms with van der Waals surface area (Å²) in [7, 11) is 0. The van der Waals surface area contributed by atoms with E-state index in [-0.39, 0.29) is 23.7 Å². The number of aromatic nitrogens is 2. The summed E-state index contributed by atoms with van der Waals surface area (Å²) in [6.45, 7) is 7.13. The van der Waals surface area contributed by atoms with E-state index in [0.717, 1.165) is 17.0 Å². The van der Waals surface area contributed by atoms with Crippen LogP contribution in [-0.2, 0) is 0 Å². The molecule has 1 atom stereocenters. The molecule has 9 nitrogen and oxygen atoms in total. The summed E-state index contributed by atoms with van der Waals surface area (Å²) >= 11 is 0. The number of amides is 2. The second-order valence-electron chi connectivity index (χ2n) is 8.72. The first kappa shape index (κ1) is 23.7. The molecular formula is C23H27FN6O3. The molecule has 0 unspecified atom stereocenters. The van der Waals surface area contributed by atoms with Gasteiger partial charge in [0.2, 0.25) is 0 Å². The zero-order valence-electron chi connectivity index (χ0n) is 18.9. The third kappa shape index (κ3) is 5.65. The normalized spacial score (nSPS) is 12.3. The molecule has 0 fully saturated rings. The Hall–Kier alpha value is -3.95. The van der Waals surface area contributed by atoms with Crippen LogP contribution in [0, 0.1) is 5.82 Å². The second-order valence-corrected chi connectivity index (χ2v) is 8.72. The van der Waals surface area contributed by atoms with Crippen molar-refractivity contribution in [2.24, 2.45) is 5.73 Å². The molecule has 2 heterocycles. The topological polar surface area (TPSA) is 133 Å². The van der Waals surface area contributed by atoms with Crippen LogP contribution in [0.25, 0.3) is 10.9 Å².